The van der Waals surface area contributed by atoms with Crippen LogP contribution in [0.4, 0.5) is 0 Å². The number of aryl methyl sites for hydroxylation is 1. The molecule has 7 heteroatoms. The summed E-state index contributed by atoms with van der Waals surface area (Å²) in [6.07, 6.45) is 2.81. The second-order valence-corrected chi connectivity index (χ2v) is 7.50. The number of aromatic nitrogens is 1. The average Bonchev–Trinajstić information content (AvgIpc) is 3.38. The number of nitrogens with one attached hydrogen (secondary N) is 2. The number of carbonyl (C=O) groups excluding carboxylic acids is 1. The summed E-state index contributed by atoms with van der Waals surface area (Å²) in [4.78, 5) is 17.2. The van der Waals surface area contributed by atoms with Crippen molar-refractivity contribution in [2.75, 3.05) is 39.3 Å². The second kappa shape index (κ2) is 8.77. The molecule has 1 aromatic carbocycles. The van der Waals surface area contributed by atoms with Crippen molar-refractivity contribution >= 4 is 5.91 Å². The summed E-state index contributed by atoms with van der Waals surface area (Å²) in [6.45, 7) is 4.89. The molecule has 2 fully saturated rings. The Morgan fingerprint density at radius 2 is 1.86 bits per heavy atom. The van der Waals surface area contributed by atoms with Gasteiger partial charge in [-0.05, 0) is 30.7 Å². The fraction of sp³-hybridized carbons (Fsp3) is 0.476. The highest BCUT2D eigenvalue weighted by Crippen LogP contribution is 2.23. The van der Waals surface area contributed by atoms with Crippen molar-refractivity contribution in [1.82, 2.24) is 25.2 Å². The molecule has 0 spiro atoms. The zero-order valence-corrected chi connectivity index (χ0v) is 16.4. The van der Waals surface area contributed by atoms with E-state index in [1.165, 1.54) is 5.69 Å². The van der Waals surface area contributed by atoms with Gasteiger partial charge in [0.2, 0.25) is 5.91 Å². The number of hydrazine groups is 1. The molecule has 1 amide bonds. The number of rotatable bonds is 6. The van der Waals surface area contributed by atoms with Crippen LogP contribution >= 0.6 is 0 Å². The molecule has 3 heterocycles. The standard InChI is InChI=1S/C21H29N5O2/c1-24-9-5-8-20(24)18-16-19(23-22-18)21(27)26-12-10-25(11-13-26)14-15-28-17-6-3-2-4-7-17/h2-9,18-19,22-23H,10-16H2,1H3. The molecular formula is C21H29N5O2. The number of carbonyl (C=O) groups is 1. The summed E-state index contributed by atoms with van der Waals surface area (Å²) in [7, 11) is 2.03. The summed E-state index contributed by atoms with van der Waals surface area (Å²) < 4.78 is 7.88. The molecule has 0 radical (unpaired) electrons. The van der Waals surface area contributed by atoms with Crippen LogP contribution in [0.15, 0.2) is 48.7 Å². The lowest BCUT2D eigenvalue weighted by molar-refractivity contribution is -0.135. The lowest BCUT2D eigenvalue weighted by atomic mass is 10.1. The summed E-state index contributed by atoms with van der Waals surface area (Å²) in [6, 6.07) is 14.0. The molecule has 0 aliphatic carbocycles. The van der Waals surface area contributed by atoms with Gasteiger partial charge >= 0.3 is 0 Å². The highest BCUT2D eigenvalue weighted by atomic mass is 16.5. The van der Waals surface area contributed by atoms with Crippen molar-refractivity contribution in [2.24, 2.45) is 7.05 Å². The first-order chi connectivity index (χ1) is 13.7. The number of benzene rings is 1. The van der Waals surface area contributed by atoms with E-state index in [0.717, 1.165) is 44.9 Å². The quantitative estimate of drug-likeness (QED) is 0.784. The van der Waals surface area contributed by atoms with Crippen molar-refractivity contribution in [1.29, 1.82) is 0 Å². The molecule has 2 aromatic rings. The van der Waals surface area contributed by atoms with Crippen LogP contribution in [-0.2, 0) is 11.8 Å². The fourth-order valence-electron chi connectivity index (χ4n) is 3.97. The number of hydrogen-bond donors (Lipinski definition) is 2. The van der Waals surface area contributed by atoms with Gasteiger partial charge in [-0.1, -0.05) is 18.2 Å². The van der Waals surface area contributed by atoms with Gasteiger partial charge < -0.3 is 14.2 Å². The molecule has 1 aromatic heterocycles. The molecule has 2 unspecified atom stereocenters. The van der Waals surface area contributed by atoms with Crippen LogP contribution in [0, 0.1) is 0 Å². The Labute approximate surface area is 166 Å². The van der Waals surface area contributed by atoms with Crippen LogP contribution in [0.5, 0.6) is 5.75 Å². The molecular weight excluding hydrogens is 354 g/mol. The Kier molecular flexibility index (Phi) is 5.95. The smallest absolute Gasteiger partial charge is 0.241 e. The van der Waals surface area contributed by atoms with Crippen LogP contribution in [0.3, 0.4) is 0 Å². The van der Waals surface area contributed by atoms with E-state index < -0.39 is 0 Å². The van der Waals surface area contributed by atoms with Crippen molar-refractivity contribution in [3.8, 4) is 5.75 Å². The molecule has 0 saturated carbocycles. The highest BCUT2D eigenvalue weighted by Gasteiger charge is 2.34. The number of piperazine rings is 1. The third-order valence-corrected chi connectivity index (χ3v) is 5.65. The largest absolute Gasteiger partial charge is 0.492 e. The van der Waals surface area contributed by atoms with Crippen molar-refractivity contribution in [3.05, 3.63) is 54.4 Å². The topological polar surface area (TPSA) is 61.8 Å². The van der Waals surface area contributed by atoms with E-state index >= 15 is 0 Å². The Hall–Kier alpha value is -2.35. The van der Waals surface area contributed by atoms with Gasteiger partial charge in [-0.15, -0.1) is 0 Å². The Morgan fingerprint density at radius 1 is 1.07 bits per heavy atom. The first kappa shape index (κ1) is 19.0. The molecule has 2 atom stereocenters. The van der Waals surface area contributed by atoms with E-state index in [-0.39, 0.29) is 18.0 Å². The minimum Gasteiger partial charge on any atom is -0.492 e. The number of hydrogen-bond acceptors (Lipinski definition) is 5. The summed E-state index contributed by atoms with van der Waals surface area (Å²) in [5.41, 5.74) is 7.67. The number of ether oxygens (including phenoxy) is 1. The normalized spacial score (nSPS) is 23.1. The third-order valence-electron chi connectivity index (χ3n) is 5.65. The van der Waals surface area contributed by atoms with Gasteiger partial charge in [-0.2, -0.15) is 0 Å². The fourth-order valence-corrected chi connectivity index (χ4v) is 3.97. The zero-order chi connectivity index (χ0) is 19.3. The predicted molar refractivity (Wildman–Crippen MR) is 108 cm³/mol. The number of para-hydroxylation sites is 1. The molecule has 28 heavy (non-hydrogen) atoms. The Morgan fingerprint density at radius 3 is 2.57 bits per heavy atom. The van der Waals surface area contributed by atoms with E-state index in [9.17, 15) is 4.79 Å². The monoisotopic (exact) mass is 383 g/mol. The minimum absolute atomic E-state index is 0.159. The van der Waals surface area contributed by atoms with Gasteiger partial charge in [0.1, 0.15) is 18.4 Å². The first-order valence-corrected chi connectivity index (χ1v) is 10.0. The van der Waals surface area contributed by atoms with Gasteiger partial charge in [0.25, 0.3) is 0 Å². The molecule has 2 saturated heterocycles. The maximum Gasteiger partial charge on any atom is 0.241 e. The maximum absolute atomic E-state index is 12.9. The molecule has 2 N–H and O–H groups in total. The van der Waals surface area contributed by atoms with Crippen LogP contribution in [0.1, 0.15) is 18.2 Å². The van der Waals surface area contributed by atoms with E-state index in [2.05, 4.69) is 26.4 Å². The molecule has 7 nitrogen and oxygen atoms in total. The maximum atomic E-state index is 12.9. The van der Waals surface area contributed by atoms with E-state index in [0.29, 0.717) is 6.61 Å². The minimum atomic E-state index is -0.159. The summed E-state index contributed by atoms with van der Waals surface area (Å²) >= 11 is 0. The first-order valence-electron chi connectivity index (χ1n) is 10.0. The van der Waals surface area contributed by atoms with Gasteiger partial charge in [-0.25, -0.2) is 10.9 Å². The lowest BCUT2D eigenvalue weighted by Gasteiger charge is -2.35. The lowest BCUT2D eigenvalue weighted by Crippen LogP contribution is -2.54. The Balaban J connectivity index is 1.19. The van der Waals surface area contributed by atoms with E-state index in [4.69, 9.17) is 4.74 Å². The summed E-state index contributed by atoms with van der Waals surface area (Å²) in [5, 5.41) is 0. The third kappa shape index (κ3) is 4.38. The highest BCUT2D eigenvalue weighted by molar-refractivity contribution is 5.82. The molecule has 150 valence electrons. The molecule has 4 rings (SSSR count). The molecule has 0 bridgehead atoms. The van der Waals surface area contributed by atoms with Crippen LogP contribution in [0.25, 0.3) is 0 Å². The van der Waals surface area contributed by atoms with Crippen LogP contribution < -0.4 is 15.6 Å². The number of amides is 1. The SMILES string of the molecule is Cn1cccc1C1CC(C(=O)N2CCN(CCOc3ccccc3)CC2)NN1. The van der Waals surface area contributed by atoms with E-state index in [1.54, 1.807) is 0 Å². The second-order valence-electron chi connectivity index (χ2n) is 7.50. The summed E-state index contributed by atoms with van der Waals surface area (Å²) in [5.74, 6) is 1.10. The van der Waals surface area contributed by atoms with Crippen LogP contribution in [0.2, 0.25) is 0 Å². The van der Waals surface area contributed by atoms with Crippen LogP contribution in [-0.4, -0.2) is 65.6 Å². The average molecular weight is 383 g/mol. The van der Waals surface area contributed by atoms with Crippen molar-refractivity contribution < 1.29 is 9.53 Å². The van der Waals surface area contributed by atoms with Gasteiger partial charge in [0.15, 0.2) is 0 Å². The van der Waals surface area contributed by atoms with Gasteiger partial charge in [0, 0.05) is 51.7 Å². The molecule has 2 aliphatic heterocycles. The van der Waals surface area contributed by atoms with Gasteiger partial charge in [0.05, 0.1) is 6.04 Å². The molecule has 2 aliphatic rings. The van der Waals surface area contributed by atoms with E-state index in [1.807, 2.05) is 54.5 Å². The van der Waals surface area contributed by atoms with Crippen molar-refractivity contribution in [2.45, 2.75) is 18.5 Å². The van der Waals surface area contributed by atoms with Crippen molar-refractivity contribution in [3.63, 3.8) is 0 Å². The Bertz CT molecular complexity index is 770. The number of nitrogens with zero attached hydrogens (tertiary/aromatic N) is 3. The van der Waals surface area contributed by atoms with Gasteiger partial charge in [-0.3, -0.25) is 9.69 Å². The zero-order valence-electron chi connectivity index (χ0n) is 16.4. The predicted octanol–water partition coefficient (Wildman–Crippen LogP) is 1.16.